The second-order valence-electron chi connectivity index (χ2n) is 6.82. The Balaban J connectivity index is 1.83. The minimum atomic E-state index is -5.06. The zero-order chi connectivity index (χ0) is 18.3. The topological polar surface area (TPSA) is 53.4 Å². The van der Waals surface area contributed by atoms with Gasteiger partial charge in [-0.2, -0.15) is 26.3 Å². The molecule has 0 amide bonds. The van der Waals surface area contributed by atoms with Crippen molar-refractivity contribution < 1.29 is 36.2 Å². The monoisotopic (exact) mass is 366 g/mol. The van der Waals surface area contributed by atoms with Crippen LogP contribution in [0.4, 0.5) is 32.2 Å². The zero-order valence-electron chi connectivity index (χ0n) is 12.5. The third kappa shape index (κ3) is 2.44. The molecule has 1 N–H and O–H groups in total. The van der Waals surface area contributed by atoms with Gasteiger partial charge in [0.2, 0.25) is 0 Å². The minimum Gasteiger partial charge on any atom is -0.480 e. The lowest BCUT2D eigenvalue weighted by Gasteiger charge is -2.34. The molecule has 5 atom stereocenters. The number of alkyl halides is 6. The number of anilines is 1. The average molecular weight is 366 g/mol. The number of aliphatic carboxylic acids is 1. The van der Waals surface area contributed by atoms with E-state index < -0.39 is 41.4 Å². The summed E-state index contributed by atoms with van der Waals surface area (Å²) in [5, 5.41) is 9.45. The lowest BCUT2D eigenvalue weighted by atomic mass is 9.96. The number of nitrogens with zero attached hydrogens (tertiary/aromatic N) is 2. The summed E-state index contributed by atoms with van der Waals surface area (Å²) in [5.41, 5.74) is -3.15. The molecule has 0 radical (unpaired) electrons. The van der Waals surface area contributed by atoms with Crippen molar-refractivity contribution in [2.45, 2.75) is 37.3 Å². The zero-order valence-corrected chi connectivity index (χ0v) is 12.5. The fraction of sp³-hybridized carbons (Fsp3) is 0.600. The number of hydrogen-bond acceptors (Lipinski definition) is 3. The molecular weight excluding hydrogens is 354 g/mol. The van der Waals surface area contributed by atoms with Gasteiger partial charge in [0.05, 0.1) is 5.56 Å². The quantitative estimate of drug-likeness (QED) is 0.815. The third-order valence-corrected chi connectivity index (χ3v) is 5.46. The summed E-state index contributed by atoms with van der Waals surface area (Å²) in [5.74, 6) is -1.72. The van der Waals surface area contributed by atoms with Crippen molar-refractivity contribution >= 4 is 11.8 Å². The van der Waals surface area contributed by atoms with E-state index in [1.54, 1.807) is 0 Å². The highest BCUT2D eigenvalue weighted by Crippen LogP contribution is 2.64. The summed E-state index contributed by atoms with van der Waals surface area (Å²) in [6.45, 7) is 0. The molecule has 136 valence electrons. The second kappa shape index (κ2) is 4.79. The first-order valence-corrected chi connectivity index (χ1v) is 7.66. The Morgan fingerprint density at radius 3 is 2.28 bits per heavy atom. The molecule has 25 heavy (non-hydrogen) atoms. The van der Waals surface area contributed by atoms with Gasteiger partial charge in [-0.25, -0.2) is 9.78 Å². The lowest BCUT2D eigenvalue weighted by molar-refractivity contribution is -0.145. The molecule has 0 aromatic carbocycles. The molecule has 1 aromatic heterocycles. The first kappa shape index (κ1) is 16.5. The van der Waals surface area contributed by atoms with Crippen LogP contribution in [0.2, 0.25) is 0 Å². The maximum Gasteiger partial charge on any atom is 0.433 e. The van der Waals surface area contributed by atoms with Gasteiger partial charge < -0.3 is 10.0 Å². The van der Waals surface area contributed by atoms with Crippen LogP contribution in [0.5, 0.6) is 0 Å². The fourth-order valence-electron chi connectivity index (χ4n) is 4.47. The van der Waals surface area contributed by atoms with Gasteiger partial charge in [-0.3, -0.25) is 0 Å². The van der Waals surface area contributed by atoms with Gasteiger partial charge in [0, 0.05) is 6.04 Å². The van der Waals surface area contributed by atoms with Gasteiger partial charge in [0.15, 0.2) is 0 Å². The standard InChI is InChI=1S/C15H12F6N2O2/c16-14(17,18)5-1-10(15(19,20)21)22-11(2-5)23-9-4-8(6-3-7(6)9)12(23)13(24)25/h1-2,6-9,12H,3-4H2,(H,24,25)/t6?,7?,8-,9+,12+/m1/s1. The van der Waals surface area contributed by atoms with Crippen LogP contribution in [0.15, 0.2) is 12.1 Å². The summed E-state index contributed by atoms with van der Waals surface area (Å²) in [4.78, 5) is 16.1. The number of fused-ring (bicyclic) bond motifs is 5. The number of pyridine rings is 1. The number of piperidine rings is 1. The molecule has 1 aliphatic heterocycles. The molecule has 3 aliphatic rings. The van der Waals surface area contributed by atoms with Crippen molar-refractivity contribution in [3.8, 4) is 0 Å². The number of rotatable bonds is 2. The third-order valence-electron chi connectivity index (χ3n) is 5.46. The molecule has 2 bridgehead atoms. The summed E-state index contributed by atoms with van der Waals surface area (Å²) < 4.78 is 78.0. The van der Waals surface area contributed by atoms with E-state index in [2.05, 4.69) is 4.98 Å². The Morgan fingerprint density at radius 1 is 1.04 bits per heavy atom. The van der Waals surface area contributed by atoms with E-state index in [9.17, 15) is 36.2 Å². The number of carboxylic acids is 1. The van der Waals surface area contributed by atoms with Gasteiger partial charge >= 0.3 is 18.3 Å². The van der Waals surface area contributed by atoms with Crippen LogP contribution in [0, 0.1) is 17.8 Å². The Bertz CT molecular complexity index is 714. The van der Waals surface area contributed by atoms with E-state index in [0.717, 1.165) is 11.3 Å². The Hall–Kier alpha value is -2.00. The highest BCUT2D eigenvalue weighted by molar-refractivity contribution is 5.80. The van der Waals surface area contributed by atoms with Crippen LogP contribution in [0.25, 0.3) is 0 Å². The van der Waals surface area contributed by atoms with Crippen LogP contribution in [0.3, 0.4) is 0 Å². The minimum absolute atomic E-state index is 0.0481. The molecular formula is C15H12F6N2O2. The van der Waals surface area contributed by atoms with Gasteiger partial charge in [-0.05, 0) is 42.7 Å². The van der Waals surface area contributed by atoms with Crippen molar-refractivity contribution in [1.82, 2.24) is 4.98 Å². The second-order valence-corrected chi connectivity index (χ2v) is 6.82. The molecule has 10 heteroatoms. The van der Waals surface area contributed by atoms with Crippen LogP contribution < -0.4 is 4.90 Å². The van der Waals surface area contributed by atoms with Crippen molar-refractivity contribution in [1.29, 1.82) is 0 Å². The normalized spacial score (nSPS) is 33.5. The van der Waals surface area contributed by atoms with Gasteiger partial charge in [-0.15, -0.1) is 0 Å². The summed E-state index contributed by atoms with van der Waals surface area (Å²) in [6, 6.07) is -1.03. The largest absolute Gasteiger partial charge is 0.480 e. The first-order valence-electron chi connectivity index (χ1n) is 7.66. The fourth-order valence-corrected chi connectivity index (χ4v) is 4.47. The van der Waals surface area contributed by atoms with Crippen LogP contribution >= 0.6 is 0 Å². The molecule has 1 saturated heterocycles. The Kier molecular flexibility index (Phi) is 3.16. The highest BCUT2D eigenvalue weighted by Gasteiger charge is 2.66. The predicted molar refractivity (Wildman–Crippen MR) is 71.6 cm³/mol. The molecule has 1 aromatic rings. The Morgan fingerprint density at radius 2 is 1.72 bits per heavy atom. The maximum absolute atomic E-state index is 13.0. The molecule has 2 aliphatic carbocycles. The first-order chi connectivity index (χ1) is 11.5. The van der Waals surface area contributed by atoms with Crippen molar-refractivity contribution in [3.63, 3.8) is 0 Å². The molecule has 4 rings (SSSR count). The van der Waals surface area contributed by atoms with Crippen LogP contribution in [-0.2, 0) is 17.1 Å². The summed E-state index contributed by atoms with van der Waals surface area (Å²) in [6.07, 6.45) is -8.82. The van der Waals surface area contributed by atoms with Crippen molar-refractivity contribution in [2.75, 3.05) is 4.90 Å². The molecule has 0 spiro atoms. The van der Waals surface area contributed by atoms with E-state index >= 15 is 0 Å². The predicted octanol–water partition coefficient (Wildman–Crippen LogP) is 3.42. The molecule has 2 unspecified atom stereocenters. The van der Waals surface area contributed by atoms with E-state index in [4.69, 9.17) is 0 Å². The van der Waals surface area contributed by atoms with E-state index in [1.807, 2.05) is 0 Å². The number of aromatic nitrogens is 1. The maximum atomic E-state index is 13.0. The summed E-state index contributed by atoms with van der Waals surface area (Å²) >= 11 is 0. The van der Waals surface area contributed by atoms with E-state index in [1.165, 1.54) is 0 Å². The van der Waals surface area contributed by atoms with Gasteiger partial charge in [-0.1, -0.05) is 0 Å². The highest BCUT2D eigenvalue weighted by atomic mass is 19.4. The van der Waals surface area contributed by atoms with Crippen molar-refractivity contribution in [3.05, 3.63) is 23.4 Å². The van der Waals surface area contributed by atoms with Gasteiger partial charge in [0.25, 0.3) is 0 Å². The van der Waals surface area contributed by atoms with E-state index in [-0.39, 0.29) is 29.9 Å². The molecule has 3 fully saturated rings. The number of hydrogen-bond donors (Lipinski definition) is 1. The Labute approximate surface area is 137 Å². The molecule has 2 saturated carbocycles. The van der Waals surface area contributed by atoms with E-state index in [0.29, 0.717) is 12.5 Å². The smallest absolute Gasteiger partial charge is 0.433 e. The van der Waals surface area contributed by atoms with Crippen LogP contribution in [0.1, 0.15) is 24.1 Å². The average Bonchev–Trinajstić information content (AvgIpc) is 3.09. The number of halogens is 6. The van der Waals surface area contributed by atoms with Gasteiger partial charge in [0.1, 0.15) is 17.6 Å². The molecule has 4 nitrogen and oxygen atoms in total. The number of carboxylic acid groups (broad SMARTS) is 1. The SMILES string of the molecule is O=C(O)[C@@H]1[C@@H]2C[C@@H](C3CC32)N1c1cc(C(F)(F)F)cc(C(F)(F)F)n1. The number of carbonyl (C=O) groups is 1. The lowest BCUT2D eigenvalue weighted by Crippen LogP contribution is -2.47. The summed E-state index contributed by atoms with van der Waals surface area (Å²) in [7, 11) is 0. The van der Waals surface area contributed by atoms with Crippen LogP contribution in [-0.4, -0.2) is 28.1 Å². The molecule has 2 heterocycles. The van der Waals surface area contributed by atoms with Crippen molar-refractivity contribution in [2.24, 2.45) is 17.8 Å².